The third-order valence-electron chi connectivity index (χ3n) is 2.36. The average Bonchev–Trinajstić information content (AvgIpc) is 2.81. The number of nitrogens with one attached hydrogen (secondary N) is 1. The second-order valence-electron chi connectivity index (χ2n) is 3.62. The molecule has 1 N–H and O–H groups in total. The van der Waals surface area contributed by atoms with E-state index in [1.807, 2.05) is 18.8 Å². The lowest BCUT2D eigenvalue weighted by atomic mass is 10.1. The molecule has 0 aliphatic heterocycles. The predicted molar refractivity (Wildman–Crippen MR) is 71.9 cm³/mol. The first kappa shape index (κ1) is 11.8. The number of hydrogen-bond acceptors (Lipinski definition) is 3. The van der Waals surface area contributed by atoms with Gasteiger partial charge in [0.15, 0.2) is 0 Å². The van der Waals surface area contributed by atoms with Crippen LogP contribution in [0.4, 0.5) is 0 Å². The van der Waals surface area contributed by atoms with E-state index in [4.69, 9.17) is 0 Å². The zero-order valence-electron chi connectivity index (χ0n) is 9.33. The molecule has 0 unspecified atom stereocenters. The fourth-order valence-corrected chi connectivity index (χ4v) is 3.05. The molecule has 0 saturated heterocycles. The van der Waals surface area contributed by atoms with Crippen molar-refractivity contribution in [2.75, 3.05) is 13.6 Å². The van der Waals surface area contributed by atoms with E-state index < -0.39 is 0 Å². The minimum Gasteiger partial charge on any atom is -0.319 e. The number of hydrogen-bond donors (Lipinski definition) is 1. The van der Waals surface area contributed by atoms with E-state index in [2.05, 4.69) is 44.7 Å². The van der Waals surface area contributed by atoms with Crippen molar-refractivity contribution in [3.63, 3.8) is 0 Å². The topological polar surface area (TPSA) is 29.9 Å². The summed E-state index contributed by atoms with van der Waals surface area (Å²) in [5.41, 5.74) is 2.40. The molecule has 2 aromatic heterocycles. The van der Waals surface area contributed by atoms with E-state index in [0.717, 1.165) is 22.4 Å². The van der Waals surface area contributed by atoms with Gasteiger partial charge in [-0.05, 0) is 35.1 Å². The van der Waals surface area contributed by atoms with Crippen molar-refractivity contribution in [1.82, 2.24) is 15.1 Å². The highest BCUT2D eigenvalue weighted by Gasteiger charge is 2.11. The largest absolute Gasteiger partial charge is 0.319 e. The minimum absolute atomic E-state index is 0.955. The maximum atomic E-state index is 4.50. The summed E-state index contributed by atoms with van der Waals surface area (Å²) in [4.78, 5) is 1.27. The van der Waals surface area contributed by atoms with Crippen LogP contribution in [0, 0.1) is 0 Å². The van der Waals surface area contributed by atoms with Gasteiger partial charge in [0.1, 0.15) is 0 Å². The van der Waals surface area contributed by atoms with E-state index in [9.17, 15) is 0 Å². The monoisotopic (exact) mass is 299 g/mol. The Hall–Kier alpha value is -0.650. The van der Waals surface area contributed by atoms with Crippen molar-refractivity contribution in [3.05, 3.63) is 27.8 Å². The zero-order chi connectivity index (χ0) is 11.5. The third kappa shape index (κ3) is 2.53. The van der Waals surface area contributed by atoms with Crippen LogP contribution in [0.5, 0.6) is 0 Å². The van der Waals surface area contributed by atoms with E-state index >= 15 is 0 Å². The van der Waals surface area contributed by atoms with Gasteiger partial charge in [-0.3, -0.25) is 4.68 Å². The van der Waals surface area contributed by atoms with Gasteiger partial charge in [0.25, 0.3) is 0 Å². The highest BCUT2D eigenvalue weighted by Crippen LogP contribution is 2.32. The fraction of sp³-hybridized carbons (Fsp3) is 0.364. The molecule has 0 amide bonds. The summed E-state index contributed by atoms with van der Waals surface area (Å²) in [6.45, 7) is 0.955. The number of nitrogens with zero attached hydrogens (tertiary/aromatic N) is 2. The SMILES string of the molecule is CNCCc1nn(C)cc1-c1ccc(Br)s1. The van der Waals surface area contributed by atoms with Crippen molar-refractivity contribution < 1.29 is 0 Å². The lowest BCUT2D eigenvalue weighted by molar-refractivity contribution is 0.717. The second-order valence-corrected chi connectivity index (χ2v) is 6.08. The Morgan fingerprint density at radius 1 is 1.50 bits per heavy atom. The smallest absolute Gasteiger partial charge is 0.0723 e. The number of rotatable bonds is 4. The van der Waals surface area contributed by atoms with Crippen LogP contribution in [0.2, 0.25) is 0 Å². The van der Waals surface area contributed by atoms with Crippen molar-refractivity contribution in [3.8, 4) is 10.4 Å². The Morgan fingerprint density at radius 2 is 2.31 bits per heavy atom. The van der Waals surface area contributed by atoms with E-state index in [0.29, 0.717) is 0 Å². The summed E-state index contributed by atoms with van der Waals surface area (Å²) in [5.74, 6) is 0. The maximum absolute atomic E-state index is 4.50. The van der Waals surface area contributed by atoms with E-state index in [1.165, 1.54) is 10.4 Å². The first-order valence-electron chi connectivity index (χ1n) is 5.13. The second kappa shape index (κ2) is 5.12. The van der Waals surface area contributed by atoms with Crippen LogP contribution >= 0.6 is 27.3 Å². The van der Waals surface area contributed by atoms with Gasteiger partial charge in [0.2, 0.25) is 0 Å². The van der Waals surface area contributed by atoms with Gasteiger partial charge in [0.05, 0.1) is 9.48 Å². The lowest BCUT2D eigenvalue weighted by Crippen LogP contribution is -2.11. The van der Waals surface area contributed by atoms with Crippen molar-refractivity contribution in [2.24, 2.45) is 7.05 Å². The van der Waals surface area contributed by atoms with Crippen molar-refractivity contribution in [1.29, 1.82) is 0 Å². The number of aromatic nitrogens is 2. The molecule has 0 atom stereocenters. The third-order valence-corrected chi connectivity index (χ3v) is 4.01. The Kier molecular flexibility index (Phi) is 3.78. The van der Waals surface area contributed by atoms with Gasteiger partial charge in [-0.2, -0.15) is 5.10 Å². The molecule has 0 fully saturated rings. The normalized spacial score (nSPS) is 10.9. The Balaban J connectivity index is 2.32. The summed E-state index contributed by atoms with van der Waals surface area (Å²) < 4.78 is 3.04. The zero-order valence-corrected chi connectivity index (χ0v) is 11.7. The van der Waals surface area contributed by atoms with Gasteiger partial charge >= 0.3 is 0 Å². The van der Waals surface area contributed by atoms with Crippen molar-refractivity contribution >= 4 is 27.3 Å². The summed E-state index contributed by atoms with van der Waals surface area (Å²) in [6.07, 6.45) is 3.05. The summed E-state index contributed by atoms with van der Waals surface area (Å²) in [6, 6.07) is 4.21. The molecule has 0 aromatic carbocycles. The molecule has 0 aliphatic carbocycles. The van der Waals surface area contributed by atoms with Gasteiger partial charge in [-0.1, -0.05) is 0 Å². The van der Waals surface area contributed by atoms with Crippen LogP contribution in [0.25, 0.3) is 10.4 Å². The average molecular weight is 300 g/mol. The molecule has 0 bridgehead atoms. The number of thiophene rings is 1. The van der Waals surface area contributed by atoms with Crippen LogP contribution in [-0.4, -0.2) is 23.4 Å². The Labute approximate surface area is 108 Å². The van der Waals surface area contributed by atoms with E-state index in [1.54, 1.807) is 11.3 Å². The highest BCUT2D eigenvalue weighted by atomic mass is 79.9. The molecule has 0 spiro atoms. The fourth-order valence-electron chi connectivity index (χ4n) is 1.63. The highest BCUT2D eigenvalue weighted by molar-refractivity contribution is 9.11. The van der Waals surface area contributed by atoms with E-state index in [-0.39, 0.29) is 0 Å². The molecular formula is C11H14BrN3S. The van der Waals surface area contributed by atoms with Crippen LogP contribution in [0.15, 0.2) is 22.1 Å². The van der Waals surface area contributed by atoms with Gasteiger partial charge in [-0.15, -0.1) is 11.3 Å². The Bertz CT molecular complexity index is 475. The quantitative estimate of drug-likeness (QED) is 0.941. The van der Waals surface area contributed by atoms with Gasteiger partial charge < -0.3 is 5.32 Å². The molecule has 0 radical (unpaired) electrons. The summed E-state index contributed by atoms with van der Waals surface area (Å²) in [5, 5.41) is 7.66. The molecule has 0 saturated carbocycles. The summed E-state index contributed by atoms with van der Waals surface area (Å²) >= 11 is 5.24. The van der Waals surface area contributed by atoms with Gasteiger partial charge in [0, 0.05) is 36.7 Å². The van der Waals surface area contributed by atoms with Crippen LogP contribution in [-0.2, 0) is 13.5 Å². The molecule has 2 aromatic rings. The first-order chi connectivity index (χ1) is 7.70. The lowest BCUT2D eigenvalue weighted by Gasteiger charge is -1.99. The molecule has 2 heterocycles. The number of aryl methyl sites for hydroxylation is 1. The maximum Gasteiger partial charge on any atom is 0.0723 e. The molecule has 5 heteroatoms. The first-order valence-corrected chi connectivity index (χ1v) is 6.74. The molecule has 0 aliphatic rings. The van der Waals surface area contributed by atoms with Crippen LogP contribution in [0.1, 0.15) is 5.69 Å². The molecule has 16 heavy (non-hydrogen) atoms. The minimum atomic E-state index is 0.955. The van der Waals surface area contributed by atoms with Crippen LogP contribution in [0.3, 0.4) is 0 Å². The standard InChI is InChI=1S/C11H14BrN3S/c1-13-6-5-9-8(7-15(2)14-9)10-3-4-11(12)16-10/h3-4,7,13H,5-6H2,1-2H3. The van der Waals surface area contributed by atoms with Crippen LogP contribution < -0.4 is 5.32 Å². The molecule has 86 valence electrons. The summed E-state index contributed by atoms with van der Waals surface area (Å²) in [7, 11) is 3.93. The molecule has 2 rings (SSSR count). The molecular weight excluding hydrogens is 286 g/mol. The number of halogens is 1. The predicted octanol–water partition coefficient (Wildman–Crippen LogP) is 2.67. The number of likely N-dealkylation sites (N-methyl/N-ethyl adjacent to an activating group) is 1. The molecule has 3 nitrogen and oxygen atoms in total. The van der Waals surface area contributed by atoms with Gasteiger partial charge in [-0.25, -0.2) is 0 Å². The van der Waals surface area contributed by atoms with Crippen molar-refractivity contribution in [2.45, 2.75) is 6.42 Å². The Morgan fingerprint density at radius 3 is 2.94 bits per heavy atom.